The highest BCUT2D eigenvalue weighted by Gasteiger charge is 1.96. The first-order valence-corrected chi connectivity index (χ1v) is 12.7. The Kier molecular flexibility index (Phi) is 29.6. The van der Waals surface area contributed by atoms with Gasteiger partial charge in [0, 0.05) is 26.1 Å². The van der Waals surface area contributed by atoms with Crippen LogP contribution in [0.15, 0.2) is 0 Å². The van der Waals surface area contributed by atoms with Gasteiger partial charge in [0.2, 0.25) is 0 Å². The monoisotopic (exact) mass is 428 g/mol. The second-order valence-corrected chi connectivity index (χ2v) is 8.72. The molecule has 0 radical (unpaired) electrons. The second kappa shape index (κ2) is 28.3. The molecule has 0 spiro atoms. The van der Waals surface area contributed by atoms with Crippen LogP contribution in [0.5, 0.6) is 0 Å². The number of aliphatic hydroxyl groups is 2. The summed E-state index contributed by atoms with van der Waals surface area (Å²) in [6.45, 7) is 4.02. The average Bonchev–Trinajstić information content (AvgIpc) is 2.71. The predicted molar refractivity (Wildman–Crippen MR) is 128 cm³/mol. The molecule has 30 heavy (non-hydrogen) atoms. The van der Waals surface area contributed by atoms with Crippen LogP contribution in [0.2, 0.25) is 0 Å². The molecule has 0 aromatic heterocycles. The fourth-order valence-corrected chi connectivity index (χ4v) is 3.45. The molecule has 0 aliphatic rings. The minimum atomic E-state index is 0.320. The molecule has 180 valence electrons. The van der Waals surface area contributed by atoms with Gasteiger partial charge in [-0.3, -0.25) is 0 Å². The van der Waals surface area contributed by atoms with E-state index in [9.17, 15) is 9.59 Å². The Morgan fingerprint density at radius 1 is 0.400 bits per heavy atom. The van der Waals surface area contributed by atoms with Crippen molar-refractivity contribution < 1.29 is 19.8 Å². The lowest BCUT2D eigenvalue weighted by molar-refractivity contribution is -0.118. The van der Waals surface area contributed by atoms with Crippen molar-refractivity contribution in [3.8, 4) is 0 Å². The summed E-state index contributed by atoms with van der Waals surface area (Å²) in [5.41, 5.74) is 0. The first-order chi connectivity index (χ1) is 14.5. The summed E-state index contributed by atoms with van der Waals surface area (Å²) in [5, 5.41) is 17.0. The predicted octanol–water partition coefficient (Wildman–Crippen LogP) is 6.94. The Morgan fingerprint density at radius 2 is 0.600 bits per heavy atom. The fourth-order valence-electron chi connectivity index (χ4n) is 3.45. The molecule has 0 heterocycles. The Labute approximate surface area is 187 Å². The third kappa shape index (κ3) is 34.7. The smallest absolute Gasteiger partial charge is 0.129 e. The molecule has 4 nitrogen and oxygen atoms in total. The van der Waals surface area contributed by atoms with Crippen LogP contribution in [0.4, 0.5) is 0 Å². The van der Waals surface area contributed by atoms with E-state index in [0.29, 0.717) is 24.8 Å². The van der Waals surface area contributed by atoms with Crippen LogP contribution < -0.4 is 0 Å². The number of hydrogen-bond acceptors (Lipinski definition) is 4. The lowest BCUT2D eigenvalue weighted by Crippen LogP contribution is -1.90. The van der Waals surface area contributed by atoms with Crippen molar-refractivity contribution in [1.82, 2.24) is 0 Å². The van der Waals surface area contributed by atoms with Gasteiger partial charge in [0.15, 0.2) is 0 Å². The molecule has 0 fully saturated rings. The first-order valence-electron chi connectivity index (χ1n) is 12.7. The average molecular weight is 429 g/mol. The van der Waals surface area contributed by atoms with Gasteiger partial charge in [-0.1, -0.05) is 89.9 Å². The molecule has 0 bridgehead atoms. The van der Waals surface area contributed by atoms with E-state index < -0.39 is 0 Å². The van der Waals surface area contributed by atoms with E-state index in [1.54, 1.807) is 13.8 Å². The minimum Gasteiger partial charge on any atom is -0.396 e. The Morgan fingerprint density at radius 3 is 0.800 bits per heavy atom. The number of Topliss-reactive ketones (excluding diaryl/α,β-unsaturated/α-hetero) is 2. The topological polar surface area (TPSA) is 74.6 Å². The molecule has 0 aliphatic carbocycles. The van der Waals surface area contributed by atoms with E-state index in [2.05, 4.69) is 0 Å². The quantitative estimate of drug-likeness (QED) is 0.183. The van der Waals surface area contributed by atoms with Crippen LogP contribution >= 0.6 is 0 Å². The minimum absolute atomic E-state index is 0.320. The van der Waals surface area contributed by atoms with Gasteiger partial charge in [0.25, 0.3) is 0 Å². The summed E-state index contributed by atoms with van der Waals surface area (Å²) < 4.78 is 0. The van der Waals surface area contributed by atoms with Crippen molar-refractivity contribution in [2.24, 2.45) is 0 Å². The van der Waals surface area contributed by atoms with E-state index in [1.165, 1.54) is 77.0 Å². The Hall–Kier alpha value is -0.740. The molecule has 0 aromatic carbocycles. The molecular weight excluding hydrogens is 376 g/mol. The standard InChI is InChI=1S/C16H30O2.C10H22O2/c1-15(17)13-11-9-7-5-3-4-6-8-10-12-14-16(2)18;11-9-7-5-3-1-2-4-6-8-10-12/h3-14H2,1-2H3;11-12H,1-10H2. The van der Waals surface area contributed by atoms with Crippen LogP contribution in [0.1, 0.15) is 142 Å². The Balaban J connectivity index is 0. The van der Waals surface area contributed by atoms with Gasteiger partial charge < -0.3 is 19.8 Å². The Bertz CT molecular complexity index is 321. The van der Waals surface area contributed by atoms with Crippen molar-refractivity contribution in [3.05, 3.63) is 0 Å². The molecule has 2 N–H and O–H groups in total. The molecule has 0 rings (SSSR count). The van der Waals surface area contributed by atoms with Crippen molar-refractivity contribution in [2.75, 3.05) is 13.2 Å². The second-order valence-electron chi connectivity index (χ2n) is 8.72. The maximum Gasteiger partial charge on any atom is 0.129 e. The summed E-state index contributed by atoms with van der Waals surface area (Å²) in [4.78, 5) is 21.5. The summed E-state index contributed by atoms with van der Waals surface area (Å²) in [6, 6.07) is 0. The highest BCUT2D eigenvalue weighted by molar-refractivity contribution is 5.75. The van der Waals surface area contributed by atoms with Crippen molar-refractivity contribution in [3.63, 3.8) is 0 Å². The van der Waals surface area contributed by atoms with Crippen LogP contribution in [0, 0.1) is 0 Å². The fraction of sp³-hybridized carbons (Fsp3) is 0.923. The molecule has 0 atom stereocenters. The first kappa shape index (κ1) is 31.4. The van der Waals surface area contributed by atoms with E-state index in [-0.39, 0.29) is 0 Å². The third-order valence-electron chi connectivity index (χ3n) is 5.37. The van der Waals surface area contributed by atoms with Crippen molar-refractivity contribution in [2.45, 2.75) is 142 Å². The number of aliphatic hydroxyl groups excluding tert-OH is 2. The molecule has 4 heteroatoms. The maximum absolute atomic E-state index is 10.7. The molecule has 0 unspecified atom stereocenters. The number of carbonyl (C=O) groups is 2. The number of unbranched alkanes of at least 4 members (excludes halogenated alkanes) is 16. The largest absolute Gasteiger partial charge is 0.396 e. The zero-order valence-corrected chi connectivity index (χ0v) is 20.3. The summed E-state index contributed by atoms with van der Waals surface area (Å²) in [7, 11) is 0. The number of rotatable bonds is 22. The lowest BCUT2D eigenvalue weighted by Gasteiger charge is -2.02. The van der Waals surface area contributed by atoms with Gasteiger partial charge >= 0.3 is 0 Å². The van der Waals surface area contributed by atoms with E-state index >= 15 is 0 Å². The summed E-state index contributed by atoms with van der Waals surface area (Å²) >= 11 is 0. The zero-order valence-electron chi connectivity index (χ0n) is 20.3. The third-order valence-corrected chi connectivity index (χ3v) is 5.37. The number of hydrogen-bond donors (Lipinski definition) is 2. The van der Waals surface area contributed by atoms with E-state index in [4.69, 9.17) is 10.2 Å². The van der Waals surface area contributed by atoms with E-state index in [1.807, 2.05) is 0 Å². The molecular formula is C26H52O4. The van der Waals surface area contributed by atoms with Crippen LogP contribution in [-0.2, 0) is 9.59 Å². The van der Waals surface area contributed by atoms with Crippen LogP contribution in [0.25, 0.3) is 0 Å². The van der Waals surface area contributed by atoms with E-state index in [0.717, 1.165) is 51.4 Å². The molecule has 0 saturated heterocycles. The lowest BCUT2D eigenvalue weighted by atomic mass is 10.0. The molecule has 0 aromatic rings. The van der Waals surface area contributed by atoms with Gasteiger partial charge in [-0.15, -0.1) is 0 Å². The summed E-state index contributed by atoms with van der Waals surface area (Å²) in [6.07, 6.45) is 23.2. The SMILES string of the molecule is CC(=O)CCCCCCCCCCCCC(C)=O.OCCCCCCCCCCO. The van der Waals surface area contributed by atoms with Gasteiger partial charge in [-0.05, 0) is 39.5 Å². The van der Waals surface area contributed by atoms with Crippen LogP contribution in [-0.4, -0.2) is 35.0 Å². The summed E-state index contributed by atoms with van der Waals surface area (Å²) in [5.74, 6) is 0.640. The van der Waals surface area contributed by atoms with Gasteiger partial charge in [-0.25, -0.2) is 0 Å². The van der Waals surface area contributed by atoms with Crippen molar-refractivity contribution in [1.29, 1.82) is 0 Å². The molecule has 0 amide bonds. The number of carbonyl (C=O) groups excluding carboxylic acids is 2. The van der Waals surface area contributed by atoms with Gasteiger partial charge in [-0.2, -0.15) is 0 Å². The molecule has 0 aliphatic heterocycles. The normalized spacial score (nSPS) is 10.5. The van der Waals surface area contributed by atoms with Crippen LogP contribution in [0.3, 0.4) is 0 Å². The highest BCUT2D eigenvalue weighted by atomic mass is 16.3. The van der Waals surface area contributed by atoms with Crippen molar-refractivity contribution >= 4 is 11.6 Å². The number of ketones is 2. The van der Waals surface area contributed by atoms with Gasteiger partial charge in [0.1, 0.15) is 11.6 Å². The zero-order chi connectivity index (χ0) is 22.7. The maximum atomic E-state index is 10.7. The highest BCUT2D eigenvalue weighted by Crippen LogP contribution is 2.12. The molecule has 0 saturated carbocycles. The van der Waals surface area contributed by atoms with Gasteiger partial charge in [0.05, 0.1) is 0 Å².